The first-order chi connectivity index (χ1) is 8.33. The molecular formula is C14H28Cl2N4. The number of hydrogen-bond acceptors (Lipinski definition) is 3. The maximum Gasteiger partial charge on any atom is 0.148 e. The first kappa shape index (κ1) is 19.4. The van der Waals surface area contributed by atoms with Crippen LogP contribution in [0, 0.1) is 5.41 Å². The van der Waals surface area contributed by atoms with Gasteiger partial charge in [0.25, 0.3) is 0 Å². The molecule has 0 radical (unpaired) electrons. The van der Waals surface area contributed by atoms with Crippen molar-refractivity contribution in [3.63, 3.8) is 0 Å². The number of hydrogen-bond donors (Lipinski definition) is 2. The number of fused-ring (bicyclic) bond motifs is 1. The molecule has 0 aliphatic carbocycles. The highest BCUT2D eigenvalue weighted by Crippen LogP contribution is 2.39. The van der Waals surface area contributed by atoms with E-state index in [1.54, 1.807) is 0 Å². The van der Waals surface area contributed by atoms with E-state index in [-0.39, 0.29) is 30.2 Å². The van der Waals surface area contributed by atoms with Crippen LogP contribution in [0.4, 0.5) is 11.5 Å². The first-order valence-electron chi connectivity index (χ1n) is 6.93. The van der Waals surface area contributed by atoms with Crippen LogP contribution in [0.1, 0.15) is 53.2 Å². The van der Waals surface area contributed by atoms with Gasteiger partial charge in [-0.3, -0.25) is 0 Å². The summed E-state index contributed by atoms with van der Waals surface area (Å²) in [6.45, 7) is 13.0. The van der Waals surface area contributed by atoms with E-state index in [0.29, 0.717) is 5.41 Å². The van der Waals surface area contributed by atoms with Crippen molar-refractivity contribution in [1.29, 1.82) is 0 Å². The molecule has 1 aliphatic rings. The second kappa shape index (κ2) is 6.44. The van der Waals surface area contributed by atoms with Gasteiger partial charge in [-0.05, 0) is 12.8 Å². The van der Waals surface area contributed by atoms with Crippen LogP contribution in [0.3, 0.4) is 0 Å². The molecule has 0 unspecified atom stereocenters. The Kier molecular flexibility index (Phi) is 6.24. The molecule has 0 bridgehead atoms. The fourth-order valence-electron chi connectivity index (χ4n) is 2.70. The van der Waals surface area contributed by atoms with E-state index in [1.165, 1.54) is 12.8 Å². The lowest BCUT2D eigenvalue weighted by atomic mass is 9.81. The van der Waals surface area contributed by atoms with Gasteiger partial charge in [-0.2, -0.15) is 5.10 Å². The highest BCUT2D eigenvalue weighted by molar-refractivity contribution is 5.85. The lowest BCUT2D eigenvalue weighted by molar-refractivity contribution is 0.213. The smallest absolute Gasteiger partial charge is 0.148 e. The molecule has 2 heterocycles. The average Bonchev–Trinajstić information content (AvgIpc) is 2.65. The fraction of sp³-hybridized carbons (Fsp3) is 0.786. The molecule has 1 aromatic rings. The number of aromatic nitrogens is 2. The van der Waals surface area contributed by atoms with Crippen molar-refractivity contribution >= 4 is 36.3 Å². The Balaban J connectivity index is 0.00000180. The standard InChI is InChI=1S/C14H26N4.2ClH/c1-6-14(7-2)8-16-12-10(15)11(13(3,4)5)17-18(12)9-14;;/h16H,6-9,15H2,1-5H3;2*1H. The summed E-state index contributed by atoms with van der Waals surface area (Å²) in [4.78, 5) is 0. The Bertz CT molecular complexity index is 445. The van der Waals surface area contributed by atoms with Crippen molar-refractivity contribution < 1.29 is 0 Å². The highest BCUT2D eigenvalue weighted by atomic mass is 35.5. The van der Waals surface area contributed by atoms with Crippen molar-refractivity contribution in [2.45, 2.75) is 59.4 Å². The Hall–Kier alpha value is -0.610. The van der Waals surface area contributed by atoms with Crippen LogP contribution >= 0.6 is 24.8 Å². The van der Waals surface area contributed by atoms with Crippen LogP contribution in [0.5, 0.6) is 0 Å². The molecule has 1 aromatic heterocycles. The molecule has 0 saturated heterocycles. The zero-order valence-corrected chi connectivity index (χ0v) is 14.7. The fourth-order valence-corrected chi connectivity index (χ4v) is 2.70. The summed E-state index contributed by atoms with van der Waals surface area (Å²) in [6, 6.07) is 0. The first-order valence-corrected chi connectivity index (χ1v) is 6.93. The number of rotatable bonds is 2. The van der Waals surface area contributed by atoms with Crippen LogP contribution in [-0.2, 0) is 12.0 Å². The van der Waals surface area contributed by atoms with Gasteiger partial charge in [-0.1, -0.05) is 34.6 Å². The van der Waals surface area contributed by atoms with Gasteiger partial charge in [0.05, 0.1) is 17.9 Å². The third-order valence-electron chi connectivity index (χ3n) is 4.32. The zero-order valence-electron chi connectivity index (χ0n) is 13.1. The number of nitrogens with zero attached hydrogens (tertiary/aromatic N) is 2. The number of nitrogen functional groups attached to an aromatic ring is 1. The molecule has 118 valence electrons. The molecule has 0 amide bonds. The molecule has 20 heavy (non-hydrogen) atoms. The topological polar surface area (TPSA) is 55.9 Å². The maximum absolute atomic E-state index is 6.24. The van der Waals surface area contributed by atoms with Crippen LogP contribution in [-0.4, -0.2) is 16.3 Å². The van der Waals surface area contributed by atoms with E-state index < -0.39 is 0 Å². The summed E-state index contributed by atoms with van der Waals surface area (Å²) in [5.74, 6) is 1.01. The SMILES string of the molecule is CCC1(CC)CNc2c(N)c(C(C)(C)C)nn2C1.Cl.Cl. The van der Waals surface area contributed by atoms with Crippen LogP contribution < -0.4 is 11.1 Å². The monoisotopic (exact) mass is 322 g/mol. The number of halogens is 2. The van der Waals surface area contributed by atoms with Gasteiger partial charge in [0.15, 0.2) is 0 Å². The zero-order chi connectivity index (χ0) is 13.6. The Morgan fingerprint density at radius 2 is 1.80 bits per heavy atom. The predicted molar refractivity (Wildman–Crippen MR) is 91.3 cm³/mol. The summed E-state index contributed by atoms with van der Waals surface area (Å²) in [5.41, 5.74) is 8.38. The minimum atomic E-state index is -0.00279. The molecule has 0 spiro atoms. The molecule has 3 N–H and O–H groups in total. The molecule has 0 fully saturated rings. The largest absolute Gasteiger partial charge is 0.394 e. The lowest BCUT2D eigenvalue weighted by Crippen LogP contribution is -2.38. The van der Waals surface area contributed by atoms with E-state index in [4.69, 9.17) is 10.8 Å². The molecule has 4 nitrogen and oxygen atoms in total. The van der Waals surface area contributed by atoms with Crippen LogP contribution in [0.25, 0.3) is 0 Å². The molecule has 0 aromatic carbocycles. The number of nitrogens with two attached hydrogens (primary N) is 1. The third kappa shape index (κ3) is 3.17. The predicted octanol–water partition coefficient (Wildman–Crippen LogP) is 3.84. The summed E-state index contributed by atoms with van der Waals surface area (Å²) in [7, 11) is 0. The van der Waals surface area contributed by atoms with Crippen molar-refractivity contribution in [3.8, 4) is 0 Å². The van der Waals surface area contributed by atoms with Gasteiger partial charge in [-0.15, -0.1) is 24.8 Å². The molecular weight excluding hydrogens is 295 g/mol. The summed E-state index contributed by atoms with van der Waals surface area (Å²) in [6.07, 6.45) is 2.33. The van der Waals surface area contributed by atoms with Crippen molar-refractivity contribution in [2.75, 3.05) is 17.6 Å². The maximum atomic E-state index is 6.24. The van der Waals surface area contributed by atoms with Crippen molar-refractivity contribution in [1.82, 2.24) is 9.78 Å². The minimum Gasteiger partial charge on any atom is -0.394 e. The Labute approximate surface area is 134 Å². The Morgan fingerprint density at radius 1 is 1.25 bits per heavy atom. The number of nitrogens with one attached hydrogen (secondary N) is 1. The van der Waals surface area contributed by atoms with E-state index in [2.05, 4.69) is 44.6 Å². The molecule has 0 saturated carbocycles. The van der Waals surface area contributed by atoms with Gasteiger partial charge in [-0.25, -0.2) is 4.68 Å². The van der Waals surface area contributed by atoms with E-state index in [9.17, 15) is 0 Å². The van der Waals surface area contributed by atoms with Crippen LogP contribution in [0.2, 0.25) is 0 Å². The van der Waals surface area contributed by atoms with Crippen molar-refractivity contribution in [3.05, 3.63) is 5.69 Å². The van der Waals surface area contributed by atoms with Gasteiger partial charge >= 0.3 is 0 Å². The van der Waals surface area contributed by atoms with Gasteiger partial charge in [0, 0.05) is 17.4 Å². The Morgan fingerprint density at radius 3 is 2.25 bits per heavy atom. The second-order valence-electron chi connectivity index (χ2n) is 6.58. The normalized spacial score (nSPS) is 16.4. The molecule has 0 atom stereocenters. The quantitative estimate of drug-likeness (QED) is 0.869. The molecule has 2 rings (SSSR count). The van der Waals surface area contributed by atoms with E-state index >= 15 is 0 Å². The minimum absolute atomic E-state index is 0. The highest BCUT2D eigenvalue weighted by Gasteiger charge is 2.35. The van der Waals surface area contributed by atoms with E-state index in [0.717, 1.165) is 30.3 Å². The third-order valence-corrected chi connectivity index (χ3v) is 4.32. The molecule has 6 heteroatoms. The average molecular weight is 323 g/mol. The summed E-state index contributed by atoms with van der Waals surface area (Å²) < 4.78 is 2.08. The summed E-state index contributed by atoms with van der Waals surface area (Å²) in [5, 5.41) is 8.23. The van der Waals surface area contributed by atoms with Gasteiger partial charge in [0.2, 0.25) is 0 Å². The van der Waals surface area contributed by atoms with Gasteiger partial charge < -0.3 is 11.1 Å². The van der Waals surface area contributed by atoms with Crippen molar-refractivity contribution in [2.24, 2.45) is 5.41 Å². The van der Waals surface area contributed by atoms with Crippen LogP contribution in [0.15, 0.2) is 0 Å². The lowest BCUT2D eigenvalue weighted by Gasteiger charge is -2.36. The number of anilines is 2. The second-order valence-corrected chi connectivity index (χ2v) is 6.58. The molecule has 1 aliphatic heterocycles. The van der Waals surface area contributed by atoms with E-state index in [1.807, 2.05) is 0 Å². The van der Waals surface area contributed by atoms with Gasteiger partial charge in [0.1, 0.15) is 5.82 Å². The summed E-state index contributed by atoms with van der Waals surface area (Å²) >= 11 is 0.